The first-order valence-corrected chi connectivity index (χ1v) is 6.05. The van der Waals surface area contributed by atoms with Crippen LogP contribution in [0.25, 0.3) is 0 Å². The molecule has 0 unspecified atom stereocenters. The van der Waals surface area contributed by atoms with Crippen LogP contribution in [0.1, 0.15) is 10.4 Å². The Hall–Kier alpha value is -2.25. The fourth-order valence-electron chi connectivity index (χ4n) is 1.40. The van der Waals surface area contributed by atoms with Gasteiger partial charge in [0.15, 0.2) is 5.75 Å². The van der Waals surface area contributed by atoms with Crippen LogP contribution in [0.4, 0.5) is 0 Å². The molecule has 0 fully saturated rings. The molecule has 3 nitrogen and oxygen atoms in total. The third-order valence-electron chi connectivity index (χ3n) is 2.22. The number of ether oxygens (including phenoxy) is 1. The number of thioether (sulfide) groups is 1. The first-order chi connectivity index (χ1) is 8.81. The van der Waals surface area contributed by atoms with Gasteiger partial charge in [-0.05, 0) is 23.9 Å². The molecule has 4 heteroatoms. The maximum Gasteiger partial charge on any atom is 0.292 e. The van der Waals surface area contributed by atoms with Gasteiger partial charge in [-0.15, -0.1) is 5.26 Å². The minimum absolute atomic E-state index is 0.0791. The molecule has 0 N–H and O–H groups in total. The summed E-state index contributed by atoms with van der Waals surface area (Å²) in [5.41, 5.74) is 0.620. The monoisotopic (exact) mass is 255 g/mol. The third kappa shape index (κ3) is 2.90. The Bertz CT molecular complexity index is 590. The van der Waals surface area contributed by atoms with Gasteiger partial charge in [0, 0.05) is 5.56 Å². The number of carbonyl (C=O) groups is 1. The lowest BCUT2D eigenvalue weighted by molar-refractivity contribution is 0.108. The molecular formula is C14H9NO2S. The zero-order valence-corrected chi connectivity index (χ0v) is 10.2. The second kappa shape index (κ2) is 5.89. The highest BCUT2D eigenvalue weighted by Crippen LogP contribution is 2.31. The van der Waals surface area contributed by atoms with Crippen LogP contribution in [0.2, 0.25) is 0 Å². The van der Waals surface area contributed by atoms with Gasteiger partial charge in [-0.25, -0.2) is 0 Å². The van der Waals surface area contributed by atoms with Crippen molar-refractivity contribution in [3.05, 3.63) is 60.2 Å². The predicted octanol–water partition coefficient (Wildman–Crippen LogP) is 3.48. The van der Waals surface area contributed by atoms with Crippen LogP contribution in [0.3, 0.4) is 0 Å². The average molecular weight is 255 g/mol. The van der Waals surface area contributed by atoms with Crippen molar-refractivity contribution < 1.29 is 9.53 Å². The van der Waals surface area contributed by atoms with Crippen molar-refractivity contribution in [2.75, 3.05) is 0 Å². The Morgan fingerprint density at radius 1 is 1.06 bits per heavy atom. The van der Waals surface area contributed by atoms with Crippen LogP contribution in [-0.4, -0.2) is 5.12 Å². The van der Waals surface area contributed by atoms with Gasteiger partial charge in [0.25, 0.3) is 6.26 Å². The summed E-state index contributed by atoms with van der Waals surface area (Å²) in [5.74, 6) is 0.397. The number of hydrogen-bond acceptors (Lipinski definition) is 4. The highest BCUT2D eigenvalue weighted by atomic mass is 32.2. The number of benzene rings is 2. The number of nitriles is 1. The largest absolute Gasteiger partial charge is 0.387 e. The van der Waals surface area contributed by atoms with Crippen LogP contribution in [0.5, 0.6) is 5.75 Å². The molecule has 2 aromatic rings. The average Bonchev–Trinajstić information content (AvgIpc) is 2.42. The molecule has 0 radical (unpaired) electrons. The first kappa shape index (κ1) is 12.2. The standard InChI is InChI=1S/C14H9NO2S/c15-10-17-12-8-4-5-9-13(12)18-14(16)11-6-2-1-3-7-11/h1-9H. The lowest BCUT2D eigenvalue weighted by Crippen LogP contribution is -1.93. The van der Waals surface area contributed by atoms with E-state index in [4.69, 9.17) is 10.00 Å². The van der Waals surface area contributed by atoms with Crippen LogP contribution >= 0.6 is 11.8 Å². The van der Waals surface area contributed by atoms with Crippen LogP contribution < -0.4 is 4.74 Å². The maximum atomic E-state index is 12.0. The zero-order chi connectivity index (χ0) is 12.8. The van der Waals surface area contributed by atoms with Gasteiger partial charge in [-0.2, -0.15) is 0 Å². The van der Waals surface area contributed by atoms with E-state index in [0.717, 1.165) is 11.8 Å². The fourth-order valence-corrected chi connectivity index (χ4v) is 2.21. The van der Waals surface area contributed by atoms with Crippen molar-refractivity contribution in [3.8, 4) is 12.0 Å². The molecule has 0 heterocycles. The molecule has 2 aromatic carbocycles. The minimum Gasteiger partial charge on any atom is -0.387 e. The summed E-state index contributed by atoms with van der Waals surface area (Å²) in [4.78, 5) is 12.6. The van der Waals surface area contributed by atoms with Crippen molar-refractivity contribution in [3.63, 3.8) is 0 Å². The summed E-state index contributed by atoms with van der Waals surface area (Å²) in [6.45, 7) is 0. The second-order valence-electron chi connectivity index (χ2n) is 3.40. The van der Waals surface area contributed by atoms with Crippen molar-refractivity contribution in [2.45, 2.75) is 4.90 Å². The molecule has 0 saturated carbocycles. The van der Waals surface area contributed by atoms with E-state index in [0.29, 0.717) is 16.2 Å². The van der Waals surface area contributed by atoms with Crippen molar-refractivity contribution in [2.24, 2.45) is 0 Å². The number of hydrogen-bond donors (Lipinski definition) is 0. The van der Waals surface area contributed by atoms with Gasteiger partial charge in [-0.1, -0.05) is 42.5 Å². The lowest BCUT2D eigenvalue weighted by atomic mass is 10.2. The molecular weight excluding hydrogens is 246 g/mol. The molecule has 88 valence electrons. The molecule has 2 rings (SSSR count). The van der Waals surface area contributed by atoms with Crippen LogP contribution in [0, 0.1) is 11.5 Å². The number of para-hydroxylation sites is 1. The molecule has 0 amide bonds. The lowest BCUT2D eigenvalue weighted by Gasteiger charge is -2.04. The molecule has 0 aliphatic rings. The van der Waals surface area contributed by atoms with E-state index in [2.05, 4.69) is 0 Å². The highest BCUT2D eigenvalue weighted by Gasteiger charge is 2.11. The van der Waals surface area contributed by atoms with Crippen molar-refractivity contribution in [1.82, 2.24) is 0 Å². The highest BCUT2D eigenvalue weighted by molar-refractivity contribution is 8.14. The number of carbonyl (C=O) groups excluding carboxylic acids is 1. The molecule has 0 spiro atoms. The topological polar surface area (TPSA) is 50.1 Å². The predicted molar refractivity (Wildman–Crippen MR) is 69.3 cm³/mol. The van der Waals surface area contributed by atoms with Gasteiger partial charge in [0.2, 0.25) is 5.12 Å². The summed E-state index contributed by atoms with van der Waals surface area (Å²) in [5, 5.41) is 8.45. The van der Waals surface area contributed by atoms with Gasteiger partial charge in [0.05, 0.1) is 4.90 Å². The zero-order valence-electron chi connectivity index (χ0n) is 9.37. The van der Waals surface area contributed by atoms with Crippen molar-refractivity contribution >= 4 is 16.9 Å². The Balaban J connectivity index is 2.20. The van der Waals surface area contributed by atoms with E-state index < -0.39 is 0 Å². The molecule has 0 aliphatic carbocycles. The number of nitrogens with zero attached hydrogens (tertiary/aromatic N) is 1. The van der Waals surface area contributed by atoms with E-state index in [1.54, 1.807) is 42.7 Å². The Morgan fingerprint density at radius 3 is 2.44 bits per heavy atom. The molecule has 0 aromatic heterocycles. The molecule has 0 atom stereocenters. The van der Waals surface area contributed by atoms with Gasteiger partial charge in [0.1, 0.15) is 0 Å². The third-order valence-corrected chi connectivity index (χ3v) is 3.20. The smallest absolute Gasteiger partial charge is 0.292 e. The van der Waals surface area contributed by atoms with Gasteiger partial charge >= 0.3 is 0 Å². The molecule has 0 bridgehead atoms. The van der Waals surface area contributed by atoms with Crippen LogP contribution in [-0.2, 0) is 0 Å². The van der Waals surface area contributed by atoms with E-state index in [-0.39, 0.29) is 5.12 Å². The minimum atomic E-state index is -0.0791. The quantitative estimate of drug-likeness (QED) is 0.622. The van der Waals surface area contributed by atoms with Crippen LogP contribution in [0.15, 0.2) is 59.5 Å². The Kier molecular flexibility index (Phi) is 4.00. The van der Waals surface area contributed by atoms with Gasteiger partial charge < -0.3 is 4.74 Å². The van der Waals surface area contributed by atoms with E-state index in [1.165, 1.54) is 0 Å². The van der Waals surface area contributed by atoms with Crippen molar-refractivity contribution in [1.29, 1.82) is 5.26 Å². The second-order valence-corrected chi connectivity index (χ2v) is 4.41. The molecule has 18 heavy (non-hydrogen) atoms. The van der Waals surface area contributed by atoms with E-state index in [9.17, 15) is 4.79 Å². The summed E-state index contributed by atoms with van der Waals surface area (Å²) < 4.78 is 4.81. The summed E-state index contributed by atoms with van der Waals surface area (Å²) >= 11 is 1.05. The Morgan fingerprint density at radius 2 is 1.72 bits per heavy atom. The van der Waals surface area contributed by atoms with E-state index in [1.807, 2.05) is 18.2 Å². The summed E-state index contributed by atoms with van der Waals surface area (Å²) in [7, 11) is 0. The molecule has 0 aliphatic heterocycles. The summed E-state index contributed by atoms with van der Waals surface area (Å²) in [6, 6.07) is 15.9. The number of rotatable bonds is 3. The van der Waals surface area contributed by atoms with E-state index >= 15 is 0 Å². The summed E-state index contributed by atoms with van der Waals surface area (Å²) in [6.07, 6.45) is 1.61. The molecule has 0 saturated heterocycles. The maximum absolute atomic E-state index is 12.0. The Labute approximate surface area is 109 Å². The first-order valence-electron chi connectivity index (χ1n) is 5.23. The SMILES string of the molecule is N#COc1ccccc1SC(=O)c1ccccc1. The van der Waals surface area contributed by atoms with Gasteiger partial charge in [-0.3, -0.25) is 4.79 Å². The fraction of sp³-hybridized carbons (Fsp3) is 0. The normalized spacial score (nSPS) is 9.50.